The second-order valence-corrected chi connectivity index (χ2v) is 7.12. The van der Waals surface area contributed by atoms with Crippen molar-refractivity contribution in [2.24, 2.45) is 10.9 Å². The summed E-state index contributed by atoms with van der Waals surface area (Å²) >= 11 is 0. The van der Waals surface area contributed by atoms with Crippen molar-refractivity contribution in [1.29, 1.82) is 0 Å². The molecule has 0 fully saturated rings. The number of fused-ring (bicyclic) bond motifs is 1. The Morgan fingerprint density at radius 3 is 2.46 bits per heavy atom. The minimum atomic E-state index is -3.76. The van der Waals surface area contributed by atoms with Gasteiger partial charge in [-0.1, -0.05) is 29.8 Å². The minimum Gasteiger partial charge on any atom is -0.452 e. The molecule has 0 aliphatic heterocycles. The zero-order valence-corrected chi connectivity index (χ0v) is 14.1. The smallest absolute Gasteiger partial charge is 0.262 e. The van der Waals surface area contributed by atoms with Crippen LogP contribution in [0.2, 0.25) is 0 Å². The maximum atomic E-state index is 12.7. The molecule has 0 saturated heterocycles. The van der Waals surface area contributed by atoms with Crippen molar-refractivity contribution < 1.29 is 12.8 Å². The minimum absolute atomic E-state index is 0.173. The van der Waals surface area contributed by atoms with Crippen molar-refractivity contribution in [3.05, 3.63) is 59.9 Å². The van der Waals surface area contributed by atoms with Gasteiger partial charge < -0.3 is 10.3 Å². The molecule has 0 atom stereocenters. The summed E-state index contributed by atoms with van der Waals surface area (Å²) in [6.45, 7) is 3.55. The number of benzene rings is 2. The van der Waals surface area contributed by atoms with Crippen LogP contribution >= 0.6 is 0 Å². The van der Waals surface area contributed by atoms with Gasteiger partial charge in [0, 0.05) is 5.39 Å². The van der Waals surface area contributed by atoms with Gasteiger partial charge in [0.05, 0.1) is 4.90 Å². The van der Waals surface area contributed by atoms with Crippen LogP contribution in [0.3, 0.4) is 0 Å². The number of nitrogens with one attached hydrogen (secondary N) is 1. The molecule has 3 N–H and O–H groups in total. The van der Waals surface area contributed by atoms with Gasteiger partial charge >= 0.3 is 0 Å². The average molecular weight is 343 g/mol. The van der Waals surface area contributed by atoms with E-state index in [2.05, 4.69) is 9.82 Å². The molecule has 0 unspecified atom stereocenters. The Bertz CT molecular complexity index is 1020. The van der Waals surface area contributed by atoms with Crippen LogP contribution < -0.4 is 10.6 Å². The highest BCUT2D eigenvalue weighted by atomic mass is 32.2. The van der Waals surface area contributed by atoms with Crippen molar-refractivity contribution in [1.82, 2.24) is 0 Å². The largest absolute Gasteiger partial charge is 0.452 e. The topological polar surface area (TPSA) is 97.7 Å². The molecule has 1 aromatic heterocycles. The van der Waals surface area contributed by atoms with Gasteiger partial charge in [0.2, 0.25) is 0 Å². The van der Waals surface area contributed by atoms with E-state index in [1.54, 1.807) is 49.4 Å². The molecule has 3 rings (SSSR count). The molecule has 3 aromatic rings. The van der Waals surface area contributed by atoms with Crippen LogP contribution in [0.4, 0.5) is 5.69 Å². The number of rotatable bonds is 4. The molecule has 0 amide bonds. The van der Waals surface area contributed by atoms with Gasteiger partial charge in [0.15, 0.2) is 5.76 Å². The molecule has 7 heteroatoms. The highest BCUT2D eigenvalue weighted by Gasteiger charge is 2.22. The highest BCUT2D eigenvalue weighted by molar-refractivity contribution is 7.92. The third kappa shape index (κ3) is 2.85. The van der Waals surface area contributed by atoms with E-state index in [9.17, 15) is 8.42 Å². The Hall–Kier alpha value is -2.80. The van der Waals surface area contributed by atoms with E-state index in [1.165, 1.54) is 0 Å². The number of furan rings is 1. The summed E-state index contributed by atoms with van der Waals surface area (Å²) in [7, 11) is -3.76. The van der Waals surface area contributed by atoms with Gasteiger partial charge in [0.25, 0.3) is 10.0 Å². The number of nitrogens with two attached hydrogens (primary N) is 1. The van der Waals surface area contributed by atoms with E-state index in [0.717, 1.165) is 5.56 Å². The Balaban J connectivity index is 2.13. The molecule has 124 valence electrons. The molecular formula is C17H17N3O3S. The number of sulfonamides is 1. The zero-order chi connectivity index (χ0) is 17.3. The Kier molecular flexibility index (Phi) is 4.02. The maximum absolute atomic E-state index is 12.7. The van der Waals surface area contributed by atoms with Crippen LogP contribution in [0, 0.1) is 6.92 Å². The van der Waals surface area contributed by atoms with Crippen molar-refractivity contribution >= 4 is 32.4 Å². The third-order valence-electron chi connectivity index (χ3n) is 3.69. The van der Waals surface area contributed by atoms with Gasteiger partial charge in [-0.05, 0) is 38.1 Å². The Labute approximate surface area is 140 Å². The molecule has 0 spiro atoms. The first-order valence-corrected chi connectivity index (χ1v) is 8.76. The molecular weight excluding hydrogens is 326 g/mol. The second kappa shape index (κ2) is 6.01. The molecule has 0 aliphatic carbocycles. The maximum Gasteiger partial charge on any atom is 0.262 e. The van der Waals surface area contributed by atoms with E-state index in [0.29, 0.717) is 28.1 Å². The standard InChI is InChI=1S/C17H17N3O3S/c1-11-7-9-13(10-8-11)24(21,22)20-16-14-5-3-4-6-15(14)23-17(16)12(2)19-18/h3-10,20H,18H2,1-2H3/b19-12+. The van der Waals surface area contributed by atoms with Crippen molar-refractivity contribution in [2.75, 3.05) is 4.72 Å². The first-order chi connectivity index (χ1) is 11.4. The van der Waals surface area contributed by atoms with Crippen molar-refractivity contribution in [2.45, 2.75) is 18.7 Å². The highest BCUT2D eigenvalue weighted by Crippen LogP contribution is 2.33. The lowest BCUT2D eigenvalue weighted by Crippen LogP contribution is -2.14. The van der Waals surface area contributed by atoms with E-state index >= 15 is 0 Å². The lowest BCUT2D eigenvalue weighted by atomic mass is 10.2. The van der Waals surface area contributed by atoms with Crippen molar-refractivity contribution in [3.63, 3.8) is 0 Å². The Morgan fingerprint density at radius 1 is 1.12 bits per heavy atom. The van der Waals surface area contributed by atoms with Crippen LogP contribution in [-0.4, -0.2) is 14.1 Å². The number of anilines is 1. The summed E-state index contributed by atoms with van der Waals surface area (Å²) in [6.07, 6.45) is 0. The molecule has 1 heterocycles. The number of nitrogens with zero attached hydrogens (tertiary/aromatic N) is 1. The Morgan fingerprint density at radius 2 is 1.79 bits per heavy atom. The number of hydrogen-bond donors (Lipinski definition) is 2. The van der Waals surface area contributed by atoms with Gasteiger partial charge in [-0.15, -0.1) is 0 Å². The van der Waals surface area contributed by atoms with Crippen LogP contribution in [0.5, 0.6) is 0 Å². The average Bonchev–Trinajstić information content (AvgIpc) is 2.93. The fourth-order valence-corrected chi connectivity index (χ4v) is 3.45. The van der Waals surface area contributed by atoms with Crippen LogP contribution in [0.25, 0.3) is 11.0 Å². The van der Waals surface area contributed by atoms with E-state index < -0.39 is 10.0 Å². The number of para-hydroxylation sites is 1. The van der Waals surface area contributed by atoms with Gasteiger partial charge in [-0.2, -0.15) is 5.10 Å². The third-order valence-corrected chi connectivity index (χ3v) is 5.05. The SMILES string of the molecule is C/C(=N\N)c1oc2ccccc2c1NS(=O)(=O)c1ccc(C)cc1. The molecule has 0 aliphatic rings. The normalized spacial score (nSPS) is 12.5. The van der Waals surface area contributed by atoms with Gasteiger partial charge in [-0.3, -0.25) is 4.72 Å². The summed E-state index contributed by atoms with van der Waals surface area (Å²) in [5, 5.41) is 4.26. The fourth-order valence-electron chi connectivity index (χ4n) is 2.37. The summed E-state index contributed by atoms with van der Waals surface area (Å²) in [4.78, 5) is 0.173. The zero-order valence-electron chi connectivity index (χ0n) is 13.3. The summed E-state index contributed by atoms with van der Waals surface area (Å²) in [5.41, 5.74) is 2.26. The summed E-state index contributed by atoms with van der Waals surface area (Å²) in [5.74, 6) is 5.64. The van der Waals surface area contributed by atoms with Crippen LogP contribution in [0.15, 0.2) is 62.9 Å². The predicted molar refractivity (Wildman–Crippen MR) is 94.6 cm³/mol. The lowest BCUT2D eigenvalue weighted by Gasteiger charge is -2.09. The fraction of sp³-hybridized carbons (Fsp3) is 0.118. The molecule has 24 heavy (non-hydrogen) atoms. The monoisotopic (exact) mass is 343 g/mol. The van der Waals surface area contributed by atoms with Crippen molar-refractivity contribution in [3.8, 4) is 0 Å². The van der Waals surface area contributed by atoms with E-state index in [1.807, 2.05) is 13.0 Å². The lowest BCUT2D eigenvalue weighted by molar-refractivity contribution is 0.597. The molecule has 6 nitrogen and oxygen atoms in total. The van der Waals surface area contributed by atoms with Gasteiger partial charge in [0.1, 0.15) is 17.0 Å². The first kappa shape index (κ1) is 16.1. The predicted octanol–water partition coefficient (Wildman–Crippen LogP) is 3.22. The van der Waals surface area contributed by atoms with Crippen LogP contribution in [-0.2, 0) is 10.0 Å². The number of hydrazone groups is 1. The van der Waals surface area contributed by atoms with Gasteiger partial charge in [-0.25, -0.2) is 8.42 Å². The summed E-state index contributed by atoms with van der Waals surface area (Å²) in [6, 6.07) is 13.8. The quantitative estimate of drug-likeness (QED) is 0.432. The van der Waals surface area contributed by atoms with Crippen LogP contribution in [0.1, 0.15) is 18.2 Å². The number of hydrogen-bond acceptors (Lipinski definition) is 5. The number of aryl methyl sites for hydroxylation is 1. The molecule has 2 aromatic carbocycles. The first-order valence-electron chi connectivity index (χ1n) is 7.28. The molecule has 0 bridgehead atoms. The summed E-state index contributed by atoms with van der Waals surface area (Å²) < 4.78 is 33.7. The molecule has 0 saturated carbocycles. The molecule has 0 radical (unpaired) electrons. The second-order valence-electron chi connectivity index (χ2n) is 5.44. The van der Waals surface area contributed by atoms with E-state index in [-0.39, 0.29) is 4.90 Å². The van der Waals surface area contributed by atoms with E-state index in [4.69, 9.17) is 10.3 Å².